The van der Waals surface area contributed by atoms with Crippen molar-refractivity contribution in [2.24, 2.45) is 5.73 Å². The van der Waals surface area contributed by atoms with Crippen molar-refractivity contribution in [1.29, 1.82) is 0 Å². The minimum atomic E-state index is -0.369. The fourth-order valence-electron chi connectivity index (χ4n) is 2.11. The molecule has 0 aliphatic carbocycles. The van der Waals surface area contributed by atoms with Crippen molar-refractivity contribution in [2.75, 3.05) is 0 Å². The molecule has 0 heterocycles. The molecule has 2 nitrogen and oxygen atoms in total. The minimum absolute atomic E-state index is 0.0502. The van der Waals surface area contributed by atoms with Gasteiger partial charge in [-0.05, 0) is 23.3 Å². The second-order valence-corrected chi connectivity index (χ2v) is 4.67. The number of benzene rings is 2. The van der Waals surface area contributed by atoms with Crippen molar-refractivity contribution in [1.82, 2.24) is 0 Å². The fourth-order valence-corrected chi connectivity index (χ4v) is 2.11. The first kappa shape index (κ1) is 12.8. The molecule has 0 radical (unpaired) electrons. The number of carbonyl (C=O) groups is 1. The molecule has 1 unspecified atom stereocenters. The minimum Gasteiger partial charge on any atom is -0.321 e. The van der Waals surface area contributed by atoms with Gasteiger partial charge in [0.1, 0.15) is 0 Å². The van der Waals surface area contributed by atoms with Crippen LogP contribution in [-0.2, 0) is 0 Å². The van der Waals surface area contributed by atoms with E-state index in [0.29, 0.717) is 0 Å². The van der Waals surface area contributed by atoms with Gasteiger partial charge in [0.25, 0.3) is 0 Å². The summed E-state index contributed by atoms with van der Waals surface area (Å²) in [7, 11) is 0. The van der Waals surface area contributed by atoms with E-state index >= 15 is 0 Å². The lowest BCUT2D eigenvalue weighted by molar-refractivity contribution is 0.0956. The summed E-state index contributed by atoms with van der Waals surface area (Å²) in [5.41, 5.74) is 6.65. The maximum atomic E-state index is 12.2. The van der Waals surface area contributed by atoms with E-state index in [1.165, 1.54) is 0 Å². The molecule has 0 aliphatic rings. The van der Waals surface area contributed by atoms with E-state index in [2.05, 4.69) is 6.92 Å². The number of Topliss-reactive ketones (excluding diaryl/α,β-unsaturated/α-hetero) is 1. The van der Waals surface area contributed by atoms with Crippen LogP contribution in [0.25, 0.3) is 10.8 Å². The number of unbranched alkanes of at least 4 members (excludes halogenated alkanes) is 1. The highest BCUT2D eigenvalue weighted by Gasteiger charge is 2.15. The summed E-state index contributed by atoms with van der Waals surface area (Å²) in [6.07, 6.45) is 2.83. The molecule has 0 spiro atoms. The van der Waals surface area contributed by atoms with Crippen LogP contribution in [0.1, 0.15) is 36.5 Å². The molecule has 2 rings (SSSR count). The monoisotopic (exact) mass is 241 g/mol. The van der Waals surface area contributed by atoms with Crippen molar-refractivity contribution in [3.63, 3.8) is 0 Å². The maximum absolute atomic E-state index is 12.2. The normalized spacial score (nSPS) is 12.6. The number of hydrogen-bond donors (Lipinski definition) is 1. The zero-order chi connectivity index (χ0) is 13.0. The summed E-state index contributed by atoms with van der Waals surface area (Å²) in [5, 5.41) is 2.24. The van der Waals surface area contributed by atoms with Gasteiger partial charge in [-0.1, -0.05) is 56.2 Å². The molecule has 2 aromatic carbocycles. The van der Waals surface area contributed by atoms with E-state index < -0.39 is 0 Å². The van der Waals surface area contributed by atoms with Gasteiger partial charge < -0.3 is 5.73 Å². The van der Waals surface area contributed by atoms with Crippen LogP contribution in [-0.4, -0.2) is 11.8 Å². The third kappa shape index (κ3) is 2.77. The first-order chi connectivity index (χ1) is 8.72. The first-order valence-electron chi connectivity index (χ1n) is 6.51. The van der Waals surface area contributed by atoms with Gasteiger partial charge in [-0.2, -0.15) is 0 Å². The smallest absolute Gasteiger partial charge is 0.179 e. The third-order valence-corrected chi connectivity index (χ3v) is 3.24. The Morgan fingerprint density at radius 2 is 1.89 bits per heavy atom. The Morgan fingerprint density at radius 1 is 1.17 bits per heavy atom. The van der Waals surface area contributed by atoms with Gasteiger partial charge in [0, 0.05) is 5.56 Å². The molecule has 0 aromatic heterocycles. The molecule has 0 saturated carbocycles. The quantitative estimate of drug-likeness (QED) is 0.814. The highest BCUT2D eigenvalue weighted by molar-refractivity contribution is 6.02. The predicted molar refractivity (Wildman–Crippen MR) is 75.8 cm³/mol. The molecule has 0 aliphatic heterocycles. The van der Waals surface area contributed by atoms with Crippen LogP contribution in [0.3, 0.4) is 0 Å². The average Bonchev–Trinajstić information content (AvgIpc) is 2.43. The molecule has 94 valence electrons. The summed E-state index contributed by atoms with van der Waals surface area (Å²) < 4.78 is 0. The number of fused-ring (bicyclic) bond motifs is 1. The lowest BCUT2D eigenvalue weighted by Crippen LogP contribution is -2.30. The Balaban J connectivity index is 2.22. The van der Waals surface area contributed by atoms with Crippen molar-refractivity contribution >= 4 is 16.6 Å². The third-order valence-electron chi connectivity index (χ3n) is 3.24. The summed E-state index contributed by atoms with van der Waals surface area (Å²) in [4.78, 5) is 12.2. The van der Waals surface area contributed by atoms with Gasteiger partial charge in [-0.3, -0.25) is 4.79 Å². The van der Waals surface area contributed by atoms with Gasteiger partial charge in [0.15, 0.2) is 5.78 Å². The van der Waals surface area contributed by atoms with E-state index in [4.69, 9.17) is 5.73 Å². The highest BCUT2D eigenvalue weighted by atomic mass is 16.1. The second kappa shape index (κ2) is 5.78. The molecule has 0 saturated heterocycles. The predicted octanol–water partition coefficient (Wildman–Crippen LogP) is 3.54. The highest BCUT2D eigenvalue weighted by Crippen LogP contribution is 2.17. The molecule has 2 aromatic rings. The Kier molecular flexibility index (Phi) is 4.11. The summed E-state index contributed by atoms with van der Waals surface area (Å²) >= 11 is 0. The van der Waals surface area contributed by atoms with Crippen LogP contribution >= 0.6 is 0 Å². The van der Waals surface area contributed by atoms with Crippen LogP contribution in [0, 0.1) is 0 Å². The van der Waals surface area contributed by atoms with Crippen LogP contribution in [0.5, 0.6) is 0 Å². The van der Waals surface area contributed by atoms with E-state index in [9.17, 15) is 4.79 Å². The standard InChI is InChI=1S/C16H19NO/c1-2-3-8-15(17)16(18)14-10-9-12-6-4-5-7-13(12)11-14/h4-7,9-11,15H,2-3,8,17H2,1H3. The van der Waals surface area contributed by atoms with E-state index in [1.54, 1.807) is 0 Å². The summed E-state index contributed by atoms with van der Waals surface area (Å²) in [5.74, 6) is 0.0502. The largest absolute Gasteiger partial charge is 0.321 e. The van der Waals surface area contributed by atoms with Gasteiger partial charge in [0.2, 0.25) is 0 Å². The van der Waals surface area contributed by atoms with E-state index in [0.717, 1.165) is 35.6 Å². The molecule has 2 N–H and O–H groups in total. The van der Waals surface area contributed by atoms with Crippen molar-refractivity contribution in [2.45, 2.75) is 32.2 Å². The molecule has 0 bridgehead atoms. The number of ketones is 1. The number of nitrogens with two attached hydrogens (primary N) is 1. The number of rotatable bonds is 5. The zero-order valence-corrected chi connectivity index (χ0v) is 10.7. The van der Waals surface area contributed by atoms with Gasteiger partial charge in [0.05, 0.1) is 6.04 Å². The van der Waals surface area contributed by atoms with Crippen LogP contribution in [0.2, 0.25) is 0 Å². The second-order valence-electron chi connectivity index (χ2n) is 4.67. The van der Waals surface area contributed by atoms with Crippen LogP contribution in [0.4, 0.5) is 0 Å². The van der Waals surface area contributed by atoms with Gasteiger partial charge in [-0.15, -0.1) is 0 Å². The van der Waals surface area contributed by atoms with Crippen LogP contribution < -0.4 is 5.73 Å². The topological polar surface area (TPSA) is 43.1 Å². The molecule has 0 amide bonds. The van der Waals surface area contributed by atoms with Gasteiger partial charge >= 0.3 is 0 Å². The number of carbonyl (C=O) groups excluding carboxylic acids is 1. The molecular weight excluding hydrogens is 222 g/mol. The van der Waals surface area contributed by atoms with Crippen molar-refractivity contribution < 1.29 is 4.79 Å². The Labute approximate surface area is 108 Å². The fraction of sp³-hybridized carbons (Fsp3) is 0.312. The number of hydrogen-bond acceptors (Lipinski definition) is 2. The molecular formula is C16H19NO. The molecule has 2 heteroatoms. The Hall–Kier alpha value is -1.67. The first-order valence-corrected chi connectivity index (χ1v) is 6.51. The summed E-state index contributed by atoms with van der Waals surface area (Å²) in [6, 6.07) is 13.5. The van der Waals surface area contributed by atoms with E-state index in [1.807, 2.05) is 42.5 Å². The van der Waals surface area contributed by atoms with Gasteiger partial charge in [-0.25, -0.2) is 0 Å². The van der Waals surface area contributed by atoms with E-state index in [-0.39, 0.29) is 11.8 Å². The molecule has 0 fully saturated rings. The van der Waals surface area contributed by atoms with Crippen molar-refractivity contribution in [3.8, 4) is 0 Å². The Bertz CT molecular complexity index is 548. The molecule has 18 heavy (non-hydrogen) atoms. The average molecular weight is 241 g/mol. The SMILES string of the molecule is CCCCC(N)C(=O)c1ccc2ccccc2c1. The Morgan fingerprint density at radius 3 is 2.61 bits per heavy atom. The maximum Gasteiger partial charge on any atom is 0.179 e. The summed E-state index contributed by atoms with van der Waals surface area (Å²) in [6.45, 7) is 2.10. The zero-order valence-electron chi connectivity index (χ0n) is 10.7. The lowest BCUT2D eigenvalue weighted by atomic mass is 9.98. The molecule has 1 atom stereocenters. The van der Waals surface area contributed by atoms with Crippen molar-refractivity contribution in [3.05, 3.63) is 48.0 Å². The lowest BCUT2D eigenvalue weighted by Gasteiger charge is -2.10. The van der Waals surface area contributed by atoms with Crippen LogP contribution in [0.15, 0.2) is 42.5 Å².